The minimum Gasteiger partial charge on any atom is -0.368 e. The average Bonchev–Trinajstić information content (AvgIpc) is 2.62. The van der Waals surface area contributed by atoms with E-state index in [4.69, 9.17) is 17.3 Å². The molecule has 132 valence electrons. The summed E-state index contributed by atoms with van der Waals surface area (Å²) in [5.74, 6) is -0.840. The number of nitrogens with one attached hydrogen (secondary N) is 1. The van der Waals surface area contributed by atoms with Crippen LogP contribution in [0.5, 0.6) is 0 Å². The van der Waals surface area contributed by atoms with Crippen LogP contribution in [0.3, 0.4) is 0 Å². The minimum absolute atomic E-state index is 0.178. The van der Waals surface area contributed by atoms with Crippen molar-refractivity contribution in [1.82, 2.24) is 5.32 Å². The van der Waals surface area contributed by atoms with Gasteiger partial charge in [0, 0.05) is 11.4 Å². The van der Waals surface area contributed by atoms with Crippen LogP contribution in [-0.4, -0.2) is 17.9 Å². The summed E-state index contributed by atoms with van der Waals surface area (Å²) in [6, 6.07) is 20.2. The van der Waals surface area contributed by atoms with Crippen molar-refractivity contribution in [3.8, 4) is 0 Å². The Balaban J connectivity index is 1.69. The van der Waals surface area contributed by atoms with Crippen LogP contribution < -0.4 is 11.1 Å². The smallest absolute Gasteiger partial charge is 0.240 e. The molecule has 0 radical (unpaired) electrons. The Bertz CT molecular complexity index is 955. The number of benzene rings is 3. The van der Waals surface area contributed by atoms with Crippen molar-refractivity contribution in [3.05, 3.63) is 82.9 Å². The molecule has 0 unspecified atom stereocenters. The molecule has 0 fully saturated rings. The molecule has 0 aliphatic heterocycles. The third-order valence-electron chi connectivity index (χ3n) is 4.24. The average molecular weight is 367 g/mol. The molecule has 2 amide bonds. The monoisotopic (exact) mass is 366 g/mol. The van der Waals surface area contributed by atoms with E-state index in [2.05, 4.69) is 5.32 Å². The van der Waals surface area contributed by atoms with Crippen molar-refractivity contribution < 1.29 is 9.59 Å². The van der Waals surface area contributed by atoms with Crippen molar-refractivity contribution in [2.75, 3.05) is 0 Å². The van der Waals surface area contributed by atoms with Crippen LogP contribution in [0, 0.1) is 0 Å². The Hall–Kier alpha value is -2.85. The Morgan fingerprint density at radius 2 is 1.65 bits per heavy atom. The van der Waals surface area contributed by atoms with Gasteiger partial charge in [0.1, 0.15) is 6.04 Å². The molecule has 4 nitrogen and oxygen atoms in total. The summed E-state index contributed by atoms with van der Waals surface area (Å²) in [6.07, 6.45) is 0.440. The molecule has 0 saturated heterocycles. The molecule has 0 heterocycles. The first kappa shape index (κ1) is 18.0. The quantitative estimate of drug-likeness (QED) is 0.702. The predicted molar refractivity (Wildman–Crippen MR) is 104 cm³/mol. The van der Waals surface area contributed by atoms with Crippen LogP contribution in [0.25, 0.3) is 10.8 Å². The molecule has 3 aromatic rings. The maximum Gasteiger partial charge on any atom is 0.240 e. The van der Waals surface area contributed by atoms with Crippen molar-refractivity contribution >= 4 is 34.2 Å². The minimum atomic E-state index is -0.803. The lowest BCUT2D eigenvalue weighted by Gasteiger charge is -2.16. The normalized spacial score (nSPS) is 11.9. The molecule has 1 atom stereocenters. The predicted octanol–water partition coefficient (Wildman–Crippen LogP) is 3.25. The fourth-order valence-corrected chi connectivity index (χ4v) is 3.10. The summed E-state index contributed by atoms with van der Waals surface area (Å²) in [7, 11) is 0. The Morgan fingerprint density at radius 3 is 2.38 bits per heavy atom. The second-order valence-electron chi connectivity index (χ2n) is 6.18. The molecule has 0 aliphatic carbocycles. The molecule has 26 heavy (non-hydrogen) atoms. The zero-order valence-corrected chi connectivity index (χ0v) is 14.9. The molecule has 3 aromatic carbocycles. The number of fused-ring (bicyclic) bond motifs is 1. The molecular formula is C21H19ClN2O2. The lowest BCUT2D eigenvalue weighted by atomic mass is 10.0. The standard InChI is InChI=1S/C21H19ClN2O2/c22-18-8-4-3-7-17(18)13-19(21(23)26)24-20(25)12-14-9-10-15-5-1-2-6-16(15)11-14/h1-11,19H,12-13H2,(H2,23,26)(H,24,25)/t19-/m0/s1. The highest BCUT2D eigenvalue weighted by Crippen LogP contribution is 2.18. The van der Waals surface area contributed by atoms with Gasteiger partial charge >= 0.3 is 0 Å². The van der Waals surface area contributed by atoms with E-state index in [0.29, 0.717) is 5.02 Å². The fraction of sp³-hybridized carbons (Fsp3) is 0.143. The molecule has 0 aliphatic rings. The first-order chi connectivity index (χ1) is 12.5. The van der Waals surface area contributed by atoms with Crippen molar-refractivity contribution in [2.45, 2.75) is 18.9 Å². The van der Waals surface area contributed by atoms with Crippen LogP contribution >= 0.6 is 11.6 Å². The van der Waals surface area contributed by atoms with Gasteiger partial charge in [0.2, 0.25) is 11.8 Å². The van der Waals surface area contributed by atoms with Gasteiger partial charge in [-0.1, -0.05) is 72.3 Å². The second kappa shape index (κ2) is 8.02. The van der Waals surface area contributed by atoms with Gasteiger partial charge in [-0.05, 0) is 28.0 Å². The molecule has 5 heteroatoms. The van der Waals surface area contributed by atoms with Gasteiger partial charge in [-0.3, -0.25) is 9.59 Å². The molecule has 0 spiro atoms. The highest BCUT2D eigenvalue weighted by atomic mass is 35.5. The molecule has 0 saturated carbocycles. The highest BCUT2D eigenvalue weighted by Gasteiger charge is 2.19. The molecule has 0 aromatic heterocycles. The van der Waals surface area contributed by atoms with Gasteiger partial charge in [-0.15, -0.1) is 0 Å². The van der Waals surface area contributed by atoms with E-state index in [1.807, 2.05) is 60.7 Å². The van der Waals surface area contributed by atoms with Crippen LogP contribution in [0.2, 0.25) is 5.02 Å². The van der Waals surface area contributed by atoms with Gasteiger partial charge < -0.3 is 11.1 Å². The summed E-state index contributed by atoms with van der Waals surface area (Å²) in [5, 5.41) is 5.45. The molecule has 3 N–H and O–H groups in total. The zero-order chi connectivity index (χ0) is 18.5. The van der Waals surface area contributed by atoms with E-state index in [1.54, 1.807) is 6.07 Å². The number of hydrogen-bond donors (Lipinski definition) is 2. The van der Waals surface area contributed by atoms with E-state index < -0.39 is 11.9 Å². The number of halogens is 1. The van der Waals surface area contributed by atoms with Gasteiger partial charge in [-0.25, -0.2) is 0 Å². The molecular weight excluding hydrogens is 348 g/mol. The molecule has 0 bridgehead atoms. The summed E-state index contributed by atoms with van der Waals surface area (Å²) in [6.45, 7) is 0. The van der Waals surface area contributed by atoms with Gasteiger partial charge in [-0.2, -0.15) is 0 Å². The third-order valence-corrected chi connectivity index (χ3v) is 4.61. The first-order valence-electron chi connectivity index (χ1n) is 8.32. The van der Waals surface area contributed by atoms with Gasteiger partial charge in [0.05, 0.1) is 6.42 Å². The van der Waals surface area contributed by atoms with Crippen LogP contribution in [0.4, 0.5) is 0 Å². The second-order valence-corrected chi connectivity index (χ2v) is 6.58. The summed E-state index contributed by atoms with van der Waals surface area (Å²) < 4.78 is 0. The maximum absolute atomic E-state index is 12.4. The maximum atomic E-state index is 12.4. The van der Waals surface area contributed by atoms with E-state index in [0.717, 1.165) is 21.9 Å². The van der Waals surface area contributed by atoms with Gasteiger partial charge in [0.25, 0.3) is 0 Å². The van der Waals surface area contributed by atoms with Crippen LogP contribution in [-0.2, 0) is 22.4 Å². The van der Waals surface area contributed by atoms with Crippen molar-refractivity contribution in [2.24, 2.45) is 5.73 Å². The number of carbonyl (C=O) groups is 2. The Labute approximate surface area is 157 Å². The summed E-state index contributed by atoms with van der Waals surface area (Å²) in [5.41, 5.74) is 7.10. The Kier molecular flexibility index (Phi) is 5.54. The largest absolute Gasteiger partial charge is 0.368 e. The third kappa shape index (κ3) is 4.41. The SMILES string of the molecule is NC(=O)[C@H](Cc1ccccc1Cl)NC(=O)Cc1ccc2ccccc2c1. The van der Waals surface area contributed by atoms with E-state index in [-0.39, 0.29) is 18.7 Å². The lowest BCUT2D eigenvalue weighted by Crippen LogP contribution is -2.46. The van der Waals surface area contributed by atoms with Crippen molar-refractivity contribution in [1.29, 1.82) is 0 Å². The lowest BCUT2D eigenvalue weighted by molar-refractivity contribution is -0.127. The highest BCUT2D eigenvalue weighted by molar-refractivity contribution is 6.31. The topological polar surface area (TPSA) is 72.2 Å². The zero-order valence-electron chi connectivity index (χ0n) is 14.1. The fourth-order valence-electron chi connectivity index (χ4n) is 2.89. The number of rotatable bonds is 6. The van der Waals surface area contributed by atoms with Crippen molar-refractivity contribution in [3.63, 3.8) is 0 Å². The number of hydrogen-bond acceptors (Lipinski definition) is 2. The number of nitrogens with two attached hydrogens (primary N) is 1. The number of carbonyl (C=O) groups excluding carboxylic acids is 2. The summed E-state index contributed by atoms with van der Waals surface area (Å²) >= 11 is 6.13. The van der Waals surface area contributed by atoms with E-state index in [9.17, 15) is 9.59 Å². The van der Waals surface area contributed by atoms with Crippen LogP contribution in [0.1, 0.15) is 11.1 Å². The summed E-state index contributed by atoms with van der Waals surface area (Å²) in [4.78, 5) is 24.1. The van der Waals surface area contributed by atoms with Crippen LogP contribution in [0.15, 0.2) is 66.7 Å². The Morgan fingerprint density at radius 1 is 0.962 bits per heavy atom. The number of primary amides is 1. The van der Waals surface area contributed by atoms with Gasteiger partial charge in [0.15, 0.2) is 0 Å². The first-order valence-corrected chi connectivity index (χ1v) is 8.70. The van der Waals surface area contributed by atoms with E-state index >= 15 is 0 Å². The van der Waals surface area contributed by atoms with E-state index in [1.165, 1.54) is 0 Å². The molecule has 3 rings (SSSR count). The number of amides is 2.